The van der Waals surface area contributed by atoms with Crippen molar-refractivity contribution in [2.75, 3.05) is 13.2 Å². The maximum Gasteiger partial charge on any atom is 0.163 e. The van der Waals surface area contributed by atoms with E-state index in [1.807, 2.05) is 32.0 Å². The number of benzene rings is 1. The molecule has 2 aliphatic heterocycles. The van der Waals surface area contributed by atoms with Crippen LogP contribution in [0.2, 0.25) is 0 Å². The Kier molecular flexibility index (Phi) is 3.58. The first kappa shape index (κ1) is 13.1. The summed E-state index contributed by atoms with van der Waals surface area (Å²) in [5.41, 5.74) is 1.16. The molecule has 0 unspecified atom stereocenters. The van der Waals surface area contributed by atoms with E-state index in [1.54, 1.807) is 0 Å². The van der Waals surface area contributed by atoms with Gasteiger partial charge in [0.1, 0.15) is 18.3 Å². The zero-order valence-corrected chi connectivity index (χ0v) is 11.4. The van der Waals surface area contributed by atoms with Crippen LogP contribution in [0.4, 0.5) is 0 Å². The molecule has 0 saturated carbocycles. The first-order valence-electron chi connectivity index (χ1n) is 6.73. The second-order valence-corrected chi connectivity index (χ2v) is 5.50. The second-order valence-electron chi connectivity index (χ2n) is 5.50. The molecule has 2 saturated heterocycles. The third-order valence-electron chi connectivity index (χ3n) is 3.41. The van der Waals surface area contributed by atoms with Crippen LogP contribution in [-0.4, -0.2) is 37.3 Å². The van der Waals surface area contributed by atoms with Crippen LogP contribution in [0.15, 0.2) is 30.3 Å². The van der Waals surface area contributed by atoms with Crippen molar-refractivity contribution in [1.82, 2.24) is 0 Å². The highest BCUT2D eigenvalue weighted by Gasteiger charge is 2.46. The number of ether oxygens (including phenoxy) is 4. The Balaban J connectivity index is 1.60. The molecule has 3 atom stereocenters. The van der Waals surface area contributed by atoms with Gasteiger partial charge in [-0.1, -0.05) is 30.3 Å². The summed E-state index contributed by atoms with van der Waals surface area (Å²) in [5, 5.41) is 0. The Morgan fingerprint density at radius 2 is 1.95 bits per heavy atom. The van der Waals surface area contributed by atoms with E-state index in [2.05, 4.69) is 12.1 Å². The zero-order chi connectivity index (χ0) is 13.3. The summed E-state index contributed by atoms with van der Waals surface area (Å²) < 4.78 is 22.9. The first-order chi connectivity index (χ1) is 9.14. The highest BCUT2D eigenvalue weighted by Crippen LogP contribution is 2.31. The molecule has 104 valence electrons. The molecule has 1 aromatic carbocycles. The highest BCUT2D eigenvalue weighted by molar-refractivity contribution is 5.13. The Morgan fingerprint density at radius 3 is 2.63 bits per heavy atom. The summed E-state index contributed by atoms with van der Waals surface area (Å²) in [7, 11) is 0. The first-order valence-corrected chi connectivity index (χ1v) is 6.73. The average Bonchev–Trinajstić information content (AvgIpc) is 3.22. The van der Waals surface area contributed by atoms with Crippen LogP contribution in [-0.2, 0) is 25.6 Å². The van der Waals surface area contributed by atoms with Crippen molar-refractivity contribution < 1.29 is 18.9 Å². The van der Waals surface area contributed by atoms with E-state index in [0.29, 0.717) is 13.2 Å². The number of epoxide rings is 1. The van der Waals surface area contributed by atoms with Crippen molar-refractivity contribution >= 4 is 0 Å². The molecule has 0 spiro atoms. The molecule has 3 rings (SSSR count). The van der Waals surface area contributed by atoms with E-state index < -0.39 is 5.79 Å². The summed E-state index contributed by atoms with van der Waals surface area (Å²) in [6.45, 7) is 5.73. The van der Waals surface area contributed by atoms with Crippen LogP contribution < -0.4 is 0 Å². The molecule has 0 bridgehead atoms. The van der Waals surface area contributed by atoms with Gasteiger partial charge in [0.25, 0.3) is 0 Å². The molecule has 2 heterocycles. The minimum absolute atomic E-state index is 0.0348. The van der Waals surface area contributed by atoms with Gasteiger partial charge in [-0.05, 0) is 19.4 Å². The van der Waals surface area contributed by atoms with Crippen LogP contribution in [0.25, 0.3) is 0 Å². The largest absolute Gasteiger partial charge is 0.370 e. The van der Waals surface area contributed by atoms with Gasteiger partial charge in [-0.25, -0.2) is 0 Å². The molecule has 0 amide bonds. The maximum absolute atomic E-state index is 5.95. The van der Waals surface area contributed by atoms with Gasteiger partial charge < -0.3 is 18.9 Å². The van der Waals surface area contributed by atoms with Gasteiger partial charge in [-0.15, -0.1) is 0 Å². The molecule has 4 heteroatoms. The molecule has 0 N–H and O–H groups in total. The molecule has 2 fully saturated rings. The monoisotopic (exact) mass is 264 g/mol. The van der Waals surface area contributed by atoms with E-state index in [4.69, 9.17) is 18.9 Å². The van der Waals surface area contributed by atoms with Gasteiger partial charge in [-0.2, -0.15) is 0 Å². The Morgan fingerprint density at radius 1 is 1.21 bits per heavy atom. The lowest BCUT2D eigenvalue weighted by Gasteiger charge is -2.40. The number of hydrogen-bond acceptors (Lipinski definition) is 4. The predicted octanol–water partition coefficient (Wildman–Crippen LogP) is 2.12. The summed E-state index contributed by atoms with van der Waals surface area (Å²) in [6.07, 6.45) is 0.0529. The fourth-order valence-corrected chi connectivity index (χ4v) is 2.30. The third kappa shape index (κ3) is 3.34. The van der Waals surface area contributed by atoms with E-state index in [1.165, 1.54) is 0 Å². The number of hydrogen-bond donors (Lipinski definition) is 0. The molecule has 4 nitrogen and oxygen atoms in total. The van der Waals surface area contributed by atoms with E-state index in [-0.39, 0.29) is 18.3 Å². The van der Waals surface area contributed by atoms with Gasteiger partial charge >= 0.3 is 0 Å². The minimum atomic E-state index is -0.552. The molecular weight excluding hydrogens is 244 g/mol. The molecule has 1 aromatic rings. The van der Waals surface area contributed by atoms with E-state index in [0.717, 1.165) is 12.2 Å². The fraction of sp³-hybridized carbons (Fsp3) is 0.600. The van der Waals surface area contributed by atoms with Crippen molar-refractivity contribution in [3.63, 3.8) is 0 Å². The van der Waals surface area contributed by atoms with Crippen molar-refractivity contribution in [1.29, 1.82) is 0 Å². The summed E-state index contributed by atoms with van der Waals surface area (Å²) in [5.74, 6) is -0.552. The molecular formula is C15H20O4. The molecule has 0 aromatic heterocycles. The average molecular weight is 264 g/mol. The lowest BCUT2D eigenvalue weighted by molar-refractivity contribution is -0.314. The van der Waals surface area contributed by atoms with Crippen LogP contribution >= 0.6 is 0 Å². The molecule has 2 aliphatic rings. The van der Waals surface area contributed by atoms with Gasteiger partial charge in [-0.3, -0.25) is 0 Å². The summed E-state index contributed by atoms with van der Waals surface area (Å²) in [6, 6.07) is 10.1. The Hall–Kier alpha value is -0.940. The smallest absolute Gasteiger partial charge is 0.163 e. The van der Waals surface area contributed by atoms with Crippen LogP contribution in [0.3, 0.4) is 0 Å². The van der Waals surface area contributed by atoms with Gasteiger partial charge in [0, 0.05) is 0 Å². The van der Waals surface area contributed by atoms with Gasteiger partial charge in [0.2, 0.25) is 0 Å². The van der Waals surface area contributed by atoms with Gasteiger partial charge in [0.15, 0.2) is 5.79 Å². The molecule has 0 radical (unpaired) electrons. The summed E-state index contributed by atoms with van der Waals surface area (Å²) in [4.78, 5) is 0. The lowest BCUT2D eigenvalue weighted by atomic mass is 10.1. The quantitative estimate of drug-likeness (QED) is 0.781. The minimum Gasteiger partial charge on any atom is -0.370 e. The van der Waals surface area contributed by atoms with E-state index >= 15 is 0 Å². The molecule has 0 aliphatic carbocycles. The highest BCUT2D eigenvalue weighted by atomic mass is 16.7. The second kappa shape index (κ2) is 5.21. The van der Waals surface area contributed by atoms with Crippen LogP contribution in [0, 0.1) is 0 Å². The van der Waals surface area contributed by atoms with E-state index in [9.17, 15) is 0 Å². The number of rotatable bonds is 4. The summed E-state index contributed by atoms with van der Waals surface area (Å²) >= 11 is 0. The third-order valence-corrected chi connectivity index (χ3v) is 3.41. The topological polar surface area (TPSA) is 40.2 Å². The Bertz CT molecular complexity index is 413. The lowest BCUT2D eigenvalue weighted by Crippen LogP contribution is -2.52. The standard InChI is InChI=1S/C15H20O4/c1-15(2)18-10-13(14(19-15)12-9-17-12)16-8-11-6-4-3-5-7-11/h3-7,12-14H,8-10H2,1-2H3/t12-,13+,14+/m0/s1. The van der Waals surface area contributed by atoms with Crippen LogP contribution in [0.1, 0.15) is 19.4 Å². The van der Waals surface area contributed by atoms with Crippen LogP contribution in [0.5, 0.6) is 0 Å². The predicted molar refractivity (Wildman–Crippen MR) is 69.7 cm³/mol. The van der Waals surface area contributed by atoms with Gasteiger partial charge in [0.05, 0.1) is 19.8 Å². The van der Waals surface area contributed by atoms with Crippen molar-refractivity contribution in [3.05, 3.63) is 35.9 Å². The maximum atomic E-state index is 5.95. The molecule has 19 heavy (non-hydrogen) atoms. The van der Waals surface area contributed by atoms with Crippen molar-refractivity contribution in [3.8, 4) is 0 Å². The SMILES string of the molecule is CC1(C)OC[C@@H](OCc2ccccc2)[C@@H]([C@@H]2CO2)O1. The van der Waals surface area contributed by atoms with Crippen molar-refractivity contribution in [2.45, 2.75) is 44.6 Å². The normalized spacial score (nSPS) is 33.1. The van der Waals surface area contributed by atoms with Crippen molar-refractivity contribution in [2.24, 2.45) is 0 Å². The fourth-order valence-electron chi connectivity index (χ4n) is 2.30. The Labute approximate surface area is 113 Å². The zero-order valence-electron chi connectivity index (χ0n) is 11.4.